The van der Waals surface area contributed by atoms with E-state index in [-0.39, 0.29) is 64.4 Å². The van der Waals surface area contributed by atoms with Gasteiger partial charge in [-0.1, -0.05) is 105 Å². The van der Waals surface area contributed by atoms with Gasteiger partial charge in [0.1, 0.15) is 35.1 Å². The molecule has 0 bridgehead atoms. The number of aliphatic carboxylic acids is 1. The van der Waals surface area contributed by atoms with Gasteiger partial charge in [-0.15, -0.1) is 23.1 Å². The Hall–Kier alpha value is -4.04. The van der Waals surface area contributed by atoms with E-state index in [1.807, 2.05) is 36.6 Å². The van der Waals surface area contributed by atoms with Crippen molar-refractivity contribution in [1.82, 2.24) is 15.2 Å². The number of carboxylic acid groups (broad SMARTS) is 1. The number of Topliss-reactive ketones (excluding diaryl/α,β-unsaturated/α-hetero) is 1. The Morgan fingerprint density at radius 2 is 1.64 bits per heavy atom. The minimum Gasteiger partial charge on any atom is -0.508 e. The number of aromatic nitrogens is 1. The number of carbonyl (C=O) groups is 4. The number of aromatic hydroxyl groups is 1. The number of phenolic OH excluding ortho intramolecular Hbond substituents is 1. The van der Waals surface area contributed by atoms with Gasteiger partial charge in [0, 0.05) is 59.0 Å². The Morgan fingerprint density at radius 3 is 2.24 bits per heavy atom. The number of likely N-dealkylation sites (N-methyl/N-ethyl adjacent to an activating group) is 1. The number of thioether (sulfide) groups is 1. The highest BCUT2D eigenvalue weighted by atomic mass is 32.2. The SMILES string of the molecule is CCC=CCN(C(=O)[C@@H](NC(=O)[C@H]1CCCC[N+]1(C)Cc1ccc(SC(C)(C)C)cc1)C(C)CC)[C@H](C[C@@H](OCC)c1nc(C(=O)C[C@@H](Cc2ccc(O)cc2)C[C@H](C)C(=O)O)cs1)C(C)C. The predicted octanol–water partition coefficient (Wildman–Crippen LogP) is 11.3. The molecule has 3 N–H and O–H groups in total. The highest BCUT2D eigenvalue weighted by molar-refractivity contribution is 8.00. The number of carbonyl (C=O) groups excluding carboxylic acids is 3. The van der Waals surface area contributed by atoms with Crippen LogP contribution in [0.2, 0.25) is 0 Å². The van der Waals surface area contributed by atoms with Crippen LogP contribution in [0.5, 0.6) is 5.75 Å². The molecular weight excluding hydrogens is 881 g/mol. The van der Waals surface area contributed by atoms with Gasteiger partial charge in [0.15, 0.2) is 11.8 Å². The van der Waals surface area contributed by atoms with Crippen molar-refractivity contribution in [2.75, 3.05) is 26.7 Å². The van der Waals surface area contributed by atoms with Crippen LogP contribution >= 0.6 is 23.1 Å². The van der Waals surface area contributed by atoms with E-state index in [1.54, 1.807) is 36.6 Å². The van der Waals surface area contributed by atoms with Gasteiger partial charge < -0.3 is 29.6 Å². The van der Waals surface area contributed by atoms with Crippen LogP contribution in [0.3, 0.4) is 0 Å². The quantitative estimate of drug-likeness (QED) is 0.0310. The van der Waals surface area contributed by atoms with Crippen molar-refractivity contribution in [2.45, 2.75) is 167 Å². The van der Waals surface area contributed by atoms with E-state index < -0.39 is 24.0 Å². The standard InChI is InChI=1S/C54H80N4O7S2/c1-12-15-17-28-57(52(62)49(37(6)13-2)56-50(61)46-19-16-18-29-58(46,11)34-40-22-26-43(27-23-40)67-54(8,9)10)45(36(4)5)33-48(65-14-3)51-55-44(35-66-51)47(60)32-41(30-38(7)53(63)64)31-39-20-24-42(59)25-21-39/h15,17,20-27,35-38,41,45-46,48-49H,12-14,16,18-19,28-34H2,1-11H3,(H2-,56,59,61,63,64)/p+1/t37?,38-,41+,45+,46+,48+,49-,58?/m0/s1. The number of hydrogen-bond donors (Lipinski definition) is 3. The lowest BCUT2D eigenvalue weighted by Gasteiger charge is -2.45. The molecule has 0 spiro atoms. The molecule has 0 radical (unpaired) electrons. The van der Waals surface area contributed by atoms with Crippen LogP contribution in [0.15, 0.2) is 71.0 Å². The Morgan fingerprint density at radius 1 is 0.970 bits per heavy atom. The maximum atomic E-state index is 15.2. The maximum absolute atomic E-state index is 15.2. The molecule has 13 heteroatoms. The van der Waals surface area contributed by atoms with Crippen LogP contribution in [0.25, 0.3) is 0 Å². The van der Waals surface area contributed by atoms with Crippen molar-refractivity contribution >= 4 is 46.7 Å². The van der Waals surface area contributed by atoms with Crippen molar-refractivity contribution in [2.24, 2.45) is 23.7 Å². The lowest BCUT2D eigenvalue weighted by Crippen LogP contribution is -2.63. The molecule has 1 saturated heterocycles. The number of likely N-dealkylation sites (tertiary alicyclic amines) is 1. The van der Waals surface area contributed by atoms with Crippen LogP contribution in [0.1, 0.15) is 153 Å². The van der Waals surface area contributed by atoms with E-state index in [2.05, 4.69) is 91.2 Å². The van der Waals surface area contributed by atoms with Gasteiger partial charge in [0.2, 0.25) is 5.91 Å². The fourth-order valence-electron chi connectivity index (χ4n) is 9.33. The number of nitrogens with one attached hydrogen (secondary N) is 1. The van der Waals surface area contributed by atoms with E-state index in [9.17, 15) is 24.6 Å². The Bertz CT molecular complexity index is 2060. The summed E-state index contributed by atoms with van der Waals surface area (Å²) in [4.78, 5) is 63.7. The molecule has 1 fully saturated rings. The Labute approximate surface area is 410 Å². The van der Waals surface area contributed by atoms with Gasteiger partial charge in [0.25, 0.3) is 5.91 Å². The molecule has 67 heavy (non-hydrogen) atoms. The summed E-state index contributed by atoms with van der Waals surface area (Å²) in [6, 6.07) is 14.2. The molecule has 1 aliphatic rings. The first-order chi connectivity index (χ1) is 31.7. The maximum Gasteiger partial charge on any atom is 0.306 e. The first-order valence-corrected chi connectivity index (χ1v) is 26.4. The van der Waals surface area contributed by atoms with Crippen LogP contribution in [0.4, 0.5) is 0 Å². The van der Waals surface area contributed by atoms with Gasteiger partial charge in [-0.3, -0.25) is 19.2 Å². The Kier molecular flexibility index (Phi) is 21.6. The van der Waals surface area contributed by atoms with E-state index in [0.717, 1.165) is 44.3 Å². The summed E-state index contributed by atoms with van der Waals surface area (Å²) in [6.45, 7) is 23.0. The minimum absolute atomic E-state index is 0.0136. The smallest absolute Gasteiger partial charge is 0.306 e. The average Bonchev–Trinajstić information content (AvgIpc) is 3.77. The second kappa shape index (κ2) is 26.1. The summed E-state index contributed by atoms with van der Waals surface area (Å²) in [5, 5.41) is 25.3. The molecule has 3 aromatic rings. The molecule has 11 nitrogen and oxygen atoms in total. The van der Waals surface area contributed by atoms with Crippen molar-refractivity contribution in [1.29, 1.82) is 0 Å². The molecule has 1 aliphatic heterocycles. The third-order valence-corrected chi connectivity index (χ3v) is 15.3. The number of benzene rings is 2. The van der Waals surface area contributed by atoms with Crippen molar-refractivity contribution in [3.63, 3.8) is 0 Å². The number of nitrogens with zero attached hydrogens (tertiary/aromatic N) is 3. The van der Waals surface area contributed by atoms with Crippen molar-refractivity contribution in [3.8, 4) is 5.75 Å². The van der Waals surface area contributed by atoms with Crippen LogP contribution < -0.4 is 5.32 Å². The molecular formula is C54H81N4O7S2+. The number of thiazole rings is 1. The van der Waals surface area contributed by atoms with Gasteiger partial charge in [-0.05, 0) is 86.6 Å². The normalized spacial score (nSPS) is 19.4. The van der Waals surface area contributed by atoms with Gasteiger partial charge in [0.05, 0.1) is 19.5 Å². The molecule has 2 unspecified atom stereocenters. The van der Waals surface area contributed by atoms with Gasteiger partial charge >= 0.3 is 5.97 Å². The zero-order valence-corrected chi connectivity index (χ0v) is 43.9. The molecule has 2 heterocycles. The molecule has 370 valence electrons. The topological polar surface area (TPSA) is 146 Å². The third kappa shape index (κ3) is 16.9. The number of rotatable bonds is 26. The monoisotopic (exact) mass is 962 g/mol. The van der Waals surface area contributed by atoms with E-state index in [0.29, 0.717) is 54.0 Å². The molecule has 4 rings (SSSR count). The number of ether oxygens (including phenoxy) is 1. The predicted molar refractivity (Wildman–Crippen MR) is 272 cm³/mol. The number of hydrogen-bond acceptors (Lipinski definition) is 9. The van der Waals surface area contributed by atoms with Crippen LogP contribution in [0, 0.1) is 23.7 Å². The number of amides is 2. The second-order valence-electron chi connectivity index (χ2n) is 20.4. The van der Waals surface area contributed by atoms with E-state index in [1.165, 1.54) is 21.8 Å². The van der Waals surface area contributed by atoms with Gasteiger partial charge in [-0.25, -0.2) is 4.98 Å². The fraction of sp³-hybridized carbons (Fsp3) is 0.611. The lowest BCUT2D eigenvalue weighted by molar-refractivity contribution is -0.942. The first-order valence-electron chi connectivity index (χ1n) is 24.7. The van der Waals surface area contributed by atoms with Crippen molar-refractivity contribution < 1.29 is 38.6 Å². The molecule has 2 aromatic carbocycles. The van der Waals surface area contributed by atoms with E-state index in [4.69, 9.17) is 9.72 Å². The van der Waals surface area contributed by atoms with Crippen LogP contribution in [-0.4, -0.2) is 97.8 Å². The first kappa shape index (κ1) is 55.6. The average molecular weight is 962 g/mol. The molecule has 8 atom stereocenters. The summed E-state index contributed by atoms with van der Waals surface area (Å²) in [7, 11) is 2.19. The fourth-order valence-corrected chi connectivity index (χ4v) is 11.2. The minimum atomic E-state index is -0.913. The lowest BCUT2D eigenvalue weighted by atomic mass is 9.86. The number of carboxylic acids is 1. The van der Waals surface area contributed by atoms with Crippen molar-refractivity contribution in [3.05, 3.63) is 87.9 Å². The number of allylic oxidation sites excluding steroid dienone is 1. The molecule has 0 saturated carbocycles. The summed E-state index contributed by atoms with van der Waals surface area (Å²) >= 11 is 3.20. The summed E-state index contributed by atoms with van der Waals surface area (Å²) < 4.78 is 7.10. The zero-order valence-electron chi connectivity index (χ0n) is 42.3. The number of phenols is 1. The van der Waals surface area contributed by atoms with Crippen LogP contribution in [-0.2, 0) is 32.1 Å². The van der Waals surface area contributed by atoms with Gasteiger partial charge in [-0.2, -0.15) is 0 Å². The largest absolute Gasteiger partial charge is 0.508 e. The highest BCUT2D eigenvalue weighted by Crippen LogP contribution is 2.35. The highest BCUT2D eigenvalue weighted by Gasteiger charge is 2.44. The number of piperidine rings is 1. The number of quaternary nitrogens is 1. The molecule has 2 amide bonds. The summed E-state index contributed by atoms with van der Waals surface area (Å²) in [6.07, 6.45) is 9.25. The second-order valence-corrected chi connectivity index (χ2v) is 23.2. The summed E-state index contributed by atoms with van der Waals surface area (Å²) in [5.41, 5.74) is 2.42. The third-order valence-electron chi connectivity index (χ3n) is 13.2. The molecule has 0 aliphatic carbocycles. The Balaban J connectivity index is 1.59. The zero-order chi connectivity index (χ0) is 49.5. The molecule has 1 aromatic heterocycles. The summed E-state index contributed by atoms with van der Waals surface area (Å²) in [5.74, 6) is -2.12. The van der Waals surface area contributed by atoms with E-state index >= 15 is 4.79 Å². The number of ketones is 1.